The van der Waals surface area contributed by atoms with E-state index in [0.717, 1.165) is 17.2 Å². The maximum Gasteiger partial charge on any atom is 0.272 e. The van der Waals surface area contributed by atoms with E-state index in [2.05, 4.69) is 0 Å². The Hall–Kier alpha value is -2.43. The Morgan fingerprint density at radius 3 is 2.70 bits per heavy atom. The molecule has 0 N–H and O–H groups in total. The number of hydrogen-bond acceptors (Lipinski definition) is 3. The first-order valence-corrected chi connectivity index (χ1v) is 6.10. The minimum atomic E-state index is -0.640. The second-order valence-corrected chi connectivity index (χ2v) is 4.56. The monoisotopic (exact) mass is 275 g/mol. The molecule has 0 spiro atoms. The van der Waals surface area contributed by atoms with E-state index in [1.807, 2.05) is 32.0 Å². The molecule has 0 heterocycles. The molecule has 5 heteroatoms. The van der Waals surface area contributed by atoms with Crippen LogP contribution in [0.2, 0.25) is 0 Å². The van der Waals surface area contributed by atoms with Gasteiger partial charge in [0.05, 0.1) is 11.0 Å². The van der Waals surface area contributed by atoms with Crippen molar-refractivity contribution < 1.29 is 14.1 Å². The Morgan fingerprint density at radius 2 is 2.00 bits per heavy atom. The molecular formula is C15H14FNO3. The van der Waals surface area contributed by atoms with Gasteiger partial charge in [-0.2, -0.15) is 0 Å². The Morgan fingerprint density at radius 1 is 1.25 bits per heavy atom. The van der Waals surface area contributed by atoms with Gasteiger partial charge in [0, 0.05) is 6.07 Å². The number of hydrogen-bond donors (Lipinski definition) is 0. The average molecular weight is 275 g/mol. The van der Waals surface area contributed by atoms with Gasteiger partial charge in [-0.05, 0) is 42.7 Å². The number of rotatable bonds is 4. The number of ether oxygens (including phenoxy) is 1. The van der Waals surface area contributed by atoms with Gasteiger partial charge in [0.25, 0.3) is 5.69 Å². The molecule has 0 aliphatic rings. The van der Waals surface area contributed by atoms with Crippen LogP contribution in [-0.4, -0.2) is 4.92 Å². The molecule has 0 bridgehead atoms. The van der Waals surface area contributed by atoms with Gasteiger partial charge in [-0.1, -0.05) is 12.1 Å². The van der Waals surface area contributed by atoms with E-state index in [9.17, 15) is 14.5 Å². The lowest BCUT2D eigenvalue weighted by Crippen LogP contribution is -2.00. The van der Waals surface area contributed by atoms with Crippen molar-refractivity contribution in [1.29, 1.82) is 0 Å². The number of halogens is 1. The van der Waals surface area contributed by atoms with E-state index in [4.69, 9.17) is 4.74 Å². The molecule has 20 heavy (non-hydrogen) atoms. The van der Waals surface area contributed by atoms with E-state index in [0.29, 0.717) is 11.3 Å². The predicted octanol–water partition coefficient (Wildman–Crippen LogP) is 3.93. The van der Waals surface area contributed by atoms with Gasteiger partial charge in [-0.25, -0.2) is 4.39 Å². The van der Waals surface area contributed by atoms with Crippen molar-refractivity contribution in [3.63, 3.8) is 0 Å². The Kier molecular flexibility index (Phi) is 3.98. The fourth-order valence-electron chi connectivity index (χ4n) is 1.86. The van der Waals surface area contributed by atoms with Gasteiger partial charge in [0.1, 0.15) is 18.2 Å². The summed E-state index contributed by atoms with van der Waals surface area (Å²) < 4.78 is 18.9. The summed E-state index contributed by atoms with van der Waals surface area (Å²) in [6.07, 6.45) is 0. The van der Waals surface area contributed by atoms with Crippen molar-refractivity contribution in [3.05, 3.63) is 69.0 Å². The number of nitro benzene ring substituents is 1. The highest BCUT2D eigenvalue weighted by Crippen LogP contribution is 2.23. The molecule has 0 fully saturated rings. The summed E-state index contributed by atoms with van der Waals surface area (Å²) in [5.41, 5.74) is 2.24. The molecule has 0 aromatic heterocycles. The normalized spacial score (nSPS) is 10.3. The van der Waals surface area contributed by atoms with Crippen LogP contribution >= 0.6 is 0 Å². The minimum Gasteiger partial charge on any atom is -0.489 e. The summed E-state index contributed by atoms with van der Waals surface area (Å²) in [7, 11) is 0. The van der Waals surface area contributed by atoms with Crippen molar-refractivity contribution in [2.75, 3.05) is 0 Å². The van der Waals surface area contributed by atoms with Crippen molar-refractivity contribution >= 4 is 5.69 Å². The highest BCUT2D eigenvalue weighted by Gasteiger charge is 2.10. The zero-order chi connectivity index (χ0) is 14.7. The predicted molar refractivity (Wildman–Crippen MR) is 73.3 cm³/mol. The third-order valence-electron chi connectivity index (χ3n) is 3.10. The third-order valence-corrected chi connectivity index (χ3v) is 3.10. The van der Waals surface area contributed by atoms with Crippen LogP contribution in [0.3, 0.4) is 0 Å². The first kappa shape index (κ1) is 14.0. The van der Waals surface area contributed by atoms with Crippen molar-refractivity contribution in [3.8, 4) is 5.75 Å². The smallest absolute Gasteiger partial charge is 0.272 e. The molecule has 0 aliphatic carbocycles. The van der Waals surface area contributed by atoms with Gasteiger partial charge >= 0.3 is 0 Å². The average Bonchev–Trinajstić information content (AvgIpc) is 2.40. The first-order valence-electron chi connectivity index (χ1n) is 6.10. The fraction of sp³-hybridized carbons (Fsp3) is 0.200. The van der Waals surface area contributed by atoms with E-state index in [1.54, 1.807) is 0 Å². The van der Waals surface area contributed by atoms with Crippen LogP contribution in [0.4, 0.5) is 10.1 Å². The Bertz CT molecular complexity index is 656. The number of nitro groups is 1. The van der Waals surface area contributed by atoms with Gasteiger partial charge < -0.3 is 4.74 Å². The second kappa shape index (κ2) is 5.69. The second-order valence-electron chi connectivity index (χ2n) is 4.56. The molecule has 2 aromatic carbocycles. The maximum atomic E-state index is 13.3. The van der Waals surface area contributed by atoms with Crippen LogP contribution in [0.15, 0.2) is 36.4 Å². The summed E-state index contributed by atoms with van der Waals surface area (Å²) in [6.45, 7) is 3.98. The largest absolute Gasteiger partial charge is 0.489 e. The lowest BCUT2D eigenvalue weighted by atomic mass is 10.1. The van der Waals surface area contributed by atoms with E-state index in [-0.39, 0.29) is 12.3 Å². The lowest BCUT2D eigenvalue weighted by Gasteiger charge is -2.10. The molecule has 0 saturated heterocycles. The van der Waals surface area contributed by atoms with Gasteiger partial charge in [-0.15, -0.1) is 0 Å². The van der Waals surface area contributed by atoms with Crippen LogP contribution < -0.4 is 4.74 Å². The standard InChI is InChI=1S/C15H14FNO3/c1-10-4-3-5-15(11(10)2)20-9-12-6-13(16)8-14(7-12)17(18)19/h3-8H,9H2,1-2H3. The van der Waals surface area contributed by atoms with E-state index < -0.39 is 10.7 Å². The molecule has 0 unspecified atom stereocenters. The molecule has 4 nitrogen and oxygen atoms in total. The molecule has 104 valence electrons. The summed E-state index contributed by atoms with van der Waals surface area (Å²) in [6, 6.07) is 9.09. The molecule has 0 amide bonds. The maximum absolute atomic E-state index is 13.3. The fourth-order valence-corrected chi connectivity index (χ4v) is 1.86. The number of non-ortho nitro benzene ring substituents is 1. The van der Waals surface area contributed by atoms with E-state index >= 15 is 0 Å². The quantitative estimate of drug-likeness (QED) is 0.627. The summed E-state index contributed by atoms with van der Waals surface area (Å²) in [5.74, 6) is 0.0516. The molecular weight excluding hydrogens is 261 g/mol. The van der Waals surface area contributed by atoms with Crippen LogP contribution in [0.5, 0.6) is 5.75 Å². The molecule has 0 radical (unpaired) electrons. The van der Waals surface area contributed by atoms with Crippen molar-refractivity contribution in [2.45, 2.75) is 20.5 Å². The third kappa shape index (κ3) is 3.12. The molecule has 2 aromatic rings. The highest BCUT2D eigenvalue weighted by atomic mass is 19.1. The molecule has 0 aliphatic heterocycles. The molecule has 0 atom stereocenters. The summed E-state index contributed by atoms with van der Waals surface area (Å²) >= 11 is 0. The Labute approximate surface area is 116 Å². The summed E-state index contributed by atoms with van der Waals surface area (Å²) in [5, 5.41) is 10.7. The van der Waals surface area contributed by atoms with Crippen molar-refractivity contribution in [2.24, 2.45) is 0 Å². The van der Waals surface area contributed by atoms with Crippen LogP contribution in [-0.2, 0) is 6.61 Å². The summed E-state index contributed by atoms with van der Waals surface area (Å²) in [4.78, 5) is 10.1. The lowest BCUT2D eigenvalue weighted by molar-refractivity contribution is -0.385. The van der Waals surface area contributed by atoms with Gasteiger partial charge in [-0.3, -0.25) is 10.1 Å². The van der Waals surface area contributed by atoms with Crippen LogP contribution in [0.25, 0.3) is 0 Å². The Balaban J connectivity index is 2.19. The van der Waals surface area contributed by atoms with Gasteiger partial charge in [0.15, 0.2) is 0 Å². The SMILES string of the molecule is Cc1cccc(OCc2cc(F)cc([N+](=O)[O-])c2)c1C. The van der Waals surface area contributed by atoms with Gasteiger partial charge in [0.2, 0.25) is 0 Å². The highest BCUT2D eigenvalue weighted by molar-refractivity contribution is 5.39. The number of aryl methyl sites for hydroxylation is 1. The molecule has 2 rings (SSSR count). The molecule has 0 saturated carbocycles. The van der Waals surface area contributed by atoms with Crippen molar-refractivity contribution in [1.82, 2.24) is 0 Å². The van der Waals surface area contributed by atoms with Crippen LogP contribution in [0, 0.1) is 29.8 Å². The number of benzene rings is 2. The zero-order valence-corrected chi connectivity index (χ0v) is 11.2. The zero-order valence-electron chi connectivity index (χ0n) is 11.2. The number of nitrogens with zero attached hydrogens (tertiary/aromatic N) is 1. The van der Waals surface area contributed by atoms with Crippen LogP contribution in [0.1, 0.15) is 16.7 Å². The first-order chi connectivity index (χ1) is 9.47. The van der Waals surface area contributed by atoms with E-state index in [1.165, 1.54) is 12.1 Å². The topological polar surface area (TPSA) is 52.4 Å². The minimum absolute atomic E-state index is 0.0862.